The van der Waals surface area contributed by atoms with Crippen molar-refractivity contribution in [3.8, 4) is 0 Å². The Hall–Kier alpha value is -1.69. The highest BCUT2D eigenvalue weighted by molar-refractivity contribution is 7.89. The van der Waals surface area contributed by atoms with Gasteiger partial charge in [0.2, 0.25) is 15.2 Å². The zero-order valence-electron chi connectivity index (χ0n) is 13.4. The van der Waals surface area contributed by atoms with Crippen LogP contribution in [0.1, 0.15) is 5.82 Å². The van der Waals surface area contributed by atoms with E-state index < -0.39 is 26.6 Å². The average molecular weight is 390 g/mol. The molecule has 136 valence electrons. The van der Waals surface area contributed by atoms with Crippen LogP contribution < -0.4 is 4.90 Å². The number of halogens is 2. The highest BCUT2D eigenvalue weighted by Gasteiger charge is 2.33. The molecule has 1 fully saturated rings. The van der Waals surface area contributed by atoms with Gasteiger partial charge in [-0.1, -0.05) is 6.07 Å². The van der Waals surface area contributed by atoms with Crippen LogP contribution in [0.25, 0.3) is 0 Å². The van der Waals surface area contributed by atoms with E-state index in [1.165, 1.54) is 11.5 Å². The van der Waals surface area contributed by atoms with E-state index >= 15 is 0 Å². The SMILES string of the molecule is COCc1nsc(N2CCN(S(=O)(=O)c3c(F)cccc3F)CC2)n1. The van der Waals surface area contributed by atoms with Crippen LogP contribution in [0.5, 0.6) is 0 Å². The van der Waals surface area contributed by atoms with Gasteiger partial charge in [0.25, 0.3) is 0 Å². The Labute approximate surface area is 148 Å². The number of hydrogen-bond donors (Lipinski definition) is 0. The second-order valence-corrected chi connectivity index (χ2v) is 7.97. The molecule has 2 heterocycles. The maximum Gasteiger partial charge on any atom is 0.249 e. The molecule has 0 unspecified atom stereocenters. The Morgan fingerprint density at radius 1 is 1.20 bits per heavy atom. The quantitative estimate of drug-likeness (QED) is 0.770. The molecular weight excluding hydrogens is 374 g/mol. The summed E-state index contributed by atoms with van der Waals surface area (Å²) in [6.07, 6.45) is 0. The molecule has 1 aliphatic rings. The normalized spacial score (nSPS) is 16.4. The van der Waals surface area contributed by atoms with Crippen molar-refractivity contribution in [2.75, 3.05) is 38.2 Å². The van der Waals surface area contributed by atoms with Gasteiger partial charge in [-0.15, -0.1) is 0 Å². The van der Waals surface area contributed by atoms with Crippen molar-refractivity contribution < 1.29 is 21.9 Å². The fraction of sp³-hybridized carbons (Fsp3) is 0.429. The minimum absolute atomic E-state index is 0.106. The molecule has 0 N–H and O–H groups in total. The van der Waals surface area contributed by atoms with E-state index in [0.717, 1.165) is 22.5 Å². The molecule has 0 atom stereocenters. The summed E-state index contributed by atoms with van der Waals surface area (Å²) in [5, 5.41) is 0.668. The third-order valence-electron chi connectivity index (χ3n) is 3.76. The molecule has 3 rings (SSSR count). The first kappa shape index (κ1) is 18.1. The zero-order valence-corrected chi connectivity index (χ0v) is 15.0. The lowest BCUT2D eigenvalue weighted by Crippen LogP contribution is -2.49. The predicted octanol–water partition coefficient (Wildman–Crippen LogP) is 1.47. The van der Waals surface area contributed by atoms with Crippen LogP contribution in [0.2, 0.25) is 0 Å². The van der Waals surface area contributed by atoms with Crippen molar-refractivity contribution in [1.29, 1.82) is 0 Å². The summed E-state index contributed by atoms with van der Waals surface area (Å²) in [5.74, 6) is -1.61. The van der Waals surface area contributed by atoms with Crippen LogP contribution >= 0.6 is 11.5 Å². The number of aromatic nitrogens is 2. The fourth-order valence-corrected chi connectivity index (χ4v) is 4.79. The Morgan fingerprint density at radius 3 is 2.44 bits per heavy atom. The molecule has 1 aliphatic heterocycles. The van der Waals surface area contributed by atoms with Crippen molar-refractivity contribution in [1.82, 2.24) is 13.7 Å². The van der Waals surface area contributed by atoms with E-state index in [1.807, 2.05) is 4.90 Å². The number of rotatable bonds is 5. The van der Waals surface area contributed by atoms with Crippen molar-refractivity contribution in [2.45, 2.75) is 11.5 Å². The number of nitrogens with zero attached hydrogens (tertiary/aromatic N) is 4. The Bertz CT molecular complexity index is 831. The Balaban J connectivity index is 1.73. The van der Waals surface area contributed by atoms with Gasteiger partial charge in [-0.25, -0.2) is 22.2 Å². The van der Waals surface area contributed by atoms with E-state index in [2.05, 4.69) is 9.36 Å². The summed E-state index contributed by atoms with van der Waals surface area (Å²) in [5.41, 5.74) is 0. The van der Waals surface area contributed by atoms with Gasteiger partial charge in [0.1, 0.15) is 18.2 Å². The van der Waals surface area contributed by atoms with Gasteiger partial charge < -0.3 is 9.64 Å². The topological polar surface area (TPSA) is 75.6 Å². The zero-order chi connectivity index (χ0) is 18.0. The maximum absolute atomic E-state index is 13.8. The highest BCUT2D eigenvalue weighted by atomic mass is 32.2. The minimum atomic E-state index is -4.23. The monoisotopic (exact) mass is 390 g/mol. The molecule has 1 aromatic heterocycles. The third kappa shape index (κ3) is 3.64. The molecular formula is C14H16F2N4O3S2. The summed E-state index contributed by atoms with van der Waals surface area (Å²) >= 11 is 1.20. The van der Waals surface area contributed by atoms with Crippen LogP contribution in [0, 0.1) is 11.6 Å². The van der Waals surface area contributed by atoms with Crippen molar-refractivity contribution in [3.05, 3.63) is 35.7 Å². The minimum Gasteiger partial charge on any atom is -0.377 e. The van der Waals surface area contributed by atoms with Crippen LogP contribution in [-0.2, 0) is 21.4 Å². The molecule has 2 aromatic rings. The van der Waals surface area contributed by atoms with E-state index in [1.54, 1.807) is 7.11 Å². The van der Waals surface area contributed by atoms with Gasteiger partial charge in [0, 0.05) is 44.8 Å². The first-order chi connectivity index (χ1) is 11.9. The largest absolute Gasteiger partial charge is 0.377 e. The number of ether oxygens (including phenoxy) is 1. The molecule has 7 nitrogen and oxygen atoms in total. The highest BCUT2D eigenvalue weighted by Crippen LogP contribution is 2.25. The predicted molar refractivity (Wildman–Crippen MR) is 88.0 cm³/mol. The maximum atomic E-state index is 13.8. The van der Waals surface area contributed by atoms with Gasteiger partial charge >= 0.3 is 0 Å². The molecule has 0 bridgehead atoms. The molecule has 0 spiro atoms. The molecule has 0 amide bonds. The summed E-state index contributed by atoms with van der Waals surface area (Å²) < 4.78 is 63.0. The molecule has 1 aromatic carbocycles. The number of anilines is 1. The molecule has 0 radical (unpaired) electrons. The summed E-state index contributed by atoms with van der Waals surface area (Å²) in [6.45, 7) is 1.23. The summed E-state index contributed by atoms with van der Waals surface area (Å²) in [6, 6.07) is 3.00. The Kier molecular flexibility index (Phi) is 5.27. The Morgan fingerprint density at radius 2 is 1.84 bits per heavy atom. The fourth-order valence-electron chi connectivity index (χ4n) is 2.54. The van der Waals surface area contributed by atoms with Crippen LogP contribution in [0.4, 0.5) is 13.9 Å². The molecule has 0 aliphatic carbocycles. The van der Waals surface area contributed by atoms with E-state index in [-0.39, 0.29) is 13.1 Å². The van der Waals surface area contributed by atoms with Crippen LogP contribution in [0.15, 0.2) is 23.1 Å². The number of piperazine rings is 1. The van der Waals surface area contributed by atoms with Gasteiger partial charge in [-0.2, -0.15) is 8.68 Å². The van der Waals surface area contributed by atoms with Crippen molar-refractivity contribution >= 4 is 26.7 Å². The number of methoxy groups -OCH3 is 1. The van der Waals surface area contributed by atoms with E-state index in [4.69, 9.17) is 4.74 Å². The van der Waals surface area contributed by atoms with Gasteiger partial charge in [-0.3, -0.25) is 0 Å². The number of sulfonamides is 1. The first-order valence-electron chi connectivity index (χ1n) is 7.44. The van der Waals surface area contributed by atoms with Crippen molar-refractivity contribution in [2.24, 2.45) is 0 Å². The molecule has 0 saturated carbocycles. The number of benzene rings is 1. The standard InChI is InChI=1S/C14H16F2N4O3S2/c1-23-9-12-17-14(24-18-12)19-5-7-20(8-6-19)25(21,22)13-10(15)3-2-4-11(13)16/h2-4H,5-9H2,1H3. The lowest BCUT2D eigenvalue weighted by atomic mass is 10.3. The first-order valence-corrected chi connectivity index (χ1v) is 9.65. The molecule has 1 saturated heterocycles. The van der Waals surface area contributed by atoms with E-state index in [0.29, 0.717) is 30.7 Å². The smallest absolute Gasteiger partial charge is 0.249 e. The average Bonchev–Trinajstić information content (AvgIpc) is 3.04. The van der Waals surface area contributed by atoms with Crippen LogP contribution in [0.3, 0.4) is 0 Å². The molecule has 11 heteroatoms. The lowest BCUT2D eigenvalue weighted by Gasteiger charge is -2.33. The van der Waals surface area contributed by atoms with Gasteiger partial charge in [0.15, 0.2) is 10.7 Å². The van der Waals surface area contributed by atoms with E-state index in [9.17, 15) is 17.2 Å². The van der Waals surface area contributed by atoms with Crippen molar-refractivity contribution in [3.63, 3.8) is 0 Å². The molecule has 25 heavy (non-hydrogen) atoms. The second kappa shape index (κ2) is 7.28. The van der Waals surface area contributed by atoms with Gasteiger partial charge in [0.05, 0.1) is 0 Å². The summed E-state index contributed by atoms with van der Waals surface area (Å²) in [4.78, 5) is 5.31. The third-order valence-corrected chi connectivity index (χ3v) is 6.52. The van der Waals surface area contributed by atoms with Gasteiger partial charge in [-0.05, 0) is 12.1 Å². The second-order valence-electron chi connectivity index (χ2n) is 5.37. The summed E-state index contributed by atoms with van der Waals surface area (Å²) in [7, 11) is -2.68. The lowest BCUT2D eigenvalue weighted by molar-refractivity contribution is 0.179. The van der Waals surface area contributed by atoms with Crippen LogP contribution in [-0.4, -0.2) is 55.4 Å². The number of hydrogen-bond acceptors (Lipinski definition) is 7.